The molecule has 0 spiro atoms. The second-order valence-corrected chi connectivity index (χ2v) is 7.79. The van der Waals surface area contributed by atoms with Crippen molar-refractivity contribution in [3.05, 3.63) is 108 Å². The van der Waals surface area contributed by atoms with Gasteiger partial charge in [-0.1, -0.05) is 42.5 Å². The number of pyridine rings is 1. The van der Waals surface area contributed by atoms with Crippen LogP contribution in [0.4, 0.5) is 17.3 Å². The van der Waals surface area contributed by atoms with Crippen LogP contribution in [0.15, 0.2) is 107 Å². The topological polar surface area (TPSA) is 141 Å². The van der Waals surface area contributed by atoms with Crippen LogP contribution in [0.3, 0.4) is 0 Å². The quantitative estimate of drug-likeness (QED) is 0.161. The highest BCUT2D eigenvalue weighted by Crippen LogP contribution is 2.26. The molecule has 0 aliphatic rings. The third kappa shape index (κ3) is 4.31. The Bertz CT molecular complexity index is 1600. The molecule has 2 aromatic heterocycles. The van der Waals surface area contributed by atoms with Gasteiger partial charge >= 0.3 is 0 Å². The Balaban J connectivity index is 1.54. The van der Waals surface area contributed by atoms with Crippen molar-refractivity contribution in [1.29, 1.82) is 0 Å². The summed E-state index contributed by atoms with van der Waals surface area (Å²) in [5.41, 5.74) is 15.9. The van der Waals surface area contributed by atoms with Crippen LogP contribution in [-0.4, -0.2) is 20.5 Å². The molecule has 0 saturated carbocycles. The monoisotopic (exact) mass is 462 g/mol. The molecule has 0 atom stereocenters. The number of benzene rings is 3. The summed E-state index contributed by atoms with van der Waals surface area (Å²) >= 11 is 0. The highest BCUT2D eigenvalue weighted by molar-refractivity contribution is 5.95. The van der Waals surface area contributed by atoms with Crippen molar-refractivity contribution in [3.63, 3.8) is 0 Å². The number of rotatable bonds is 4. The highest BCUT2D eigenvalue weighted by Gasteiger charge is 2.12. The molecular formula is C26H22N8O. The zero-order valence-corrected chi connectivity index (χ0v) is 18.6. The smallest absolute Gasteiger partial charge is 0.267 e. The molecule has 5 rings (SSSR count). The molecule has 0 saturated heterocycles. The minimum atomic E-state index is -0.256. The summed E-state index contributed by atoms with van der Waals surface area (Å²) in [6.45, 7) is 0. The molecule has 0 aliphatic carbocycles. The molecule has 0 amide bonds. The number of anilines is 2. The summed E-state index contributed by atoms with van der Waals surface area (Å²) in [4.78, 5) is 26.4. The molecule has 0 bridgehead atoms. The van der Waals surface area contributed by atoms with Gasteiger partial charge in [-0.25, -0.2) is 25.4 Å². The van der Waals surface area contributed by atoms with Crippen molar-refractivity contribution in [2.75, 3.05) is 10.7 Å². The summed E-state index contributed by atoms with van der Waals surface area (Å²) in [5, 5.41) is 1.73. The van der Waals surface area contributed by atoms with E-state index in [0.717, 1.165) is 11.1 Å². The normalized spacial score (nSPS) is 11.5. The number of fused-ring (bicyclic) bond motifs is 1. The van der Waals surface area contributed by atoms with Crippen LogP contribution in [0, 0.1) is 0 Å². The fraction of sp³-hybridized carbons (Fsp3) is 0. The molecular weight excluding hydrogens is 440 g/mol. The van der Waals surface area contributed by atoms with Crippen LogP contribution in [0.1, 0.15) is 0 Å². The van der Waals surface area contributed by atoms with Crippen molar-refractivity contribution in [3.8, 4) is 16.8 Å². The molecule has 6 N–H and O–H groups in total. The minimum absolute atomic E-state index is 0.110. The van der Waals surface area contributed by atoms with Crippen molar-refractivity contribution in [2.45, 2.75) is 0 Å². The van der Waals surface area contributed by atoms with E-state index in [0.29, 0.717) is 28.0 Å². The molecule has 172 valence electrons. The fourth-order valence-corrected chi connectivity index (χ4v) is 3.76. The summed E-state index contributed by atoms with van der Waals surface area (Å²) in [5.74, 6) is 6.33. The van der Waals surface area contributed by atoms with Crippen LogP contribution < -0.4 is 27.9 Å². The molecule has 0 radical (unpaired) electrons. The average Bonchev–Trinajstić information content (AvgIpc) is 2.89. The number of hydrogen-bond donors (Lipinski definition) is 3. The Morgan fingerprint density at radius 3 is 2.34 bits per heavy atom. The zero-order valence-electron chi connectivity index (χ0n) is 18.6. The predicted molar refractivity (Wildman–Crippen MR) is 139 cm³/mol. The van der Waals surface area contributed by atoms with E-state index < -0.39 is 0 Å². The number of hydrazine groups is 1. The maximum Gasteiger partial charge on any atom is 0.267 e. The SMILES string of the molecule is NC(=Nc1cncc(-c2ccc3nc(N)n(-c4ccccc4)c(=O)c3c2)c1)N(N)c1ccccc1. The van der Waals surface area contributed by atoms with Crippen molar-refractivity contribution in [1.82, 2.24) is 14.5 Å². The van der Waals surface area contributed by atoms with Crippen LogP contribution in [0.2, 0.25) is 0 Å². The number of aliphatic imine (C=N–C) groups is 1. The highest BCUT2D eigenvalue weighted by atomic mass is 16.1. The fourth-order valence-electron chi connectivity index (χ4n) is 3.76. The summed E-state index contributed by atoms with van der Waals surface area (Å²) in [6.07, 6.45) is 3.27. The maximum atomic E-state index is 13.3. The molecule has 9 nitrogen and oxygen atoms in total. The lowest BCUT2D eigenvalue weighted by Gasteiger charge is -2.17. The van der Waals surface area contributed by atoms with Gasteiger partial charge in [-0.2, -0.15) is 0 Å². The molecule has 5 aromatic rings. The summed E-state index contributed by atoms with van der Waals surface area (Å²) in [6, 6.07) is 25.6. The van der Waals surface area contributed by atoms with Gasteiger partial charge in [-0.15, -0.1) is 0 Å². The van der Waals surface area contributed by atoms with Gasteiger partial charge in [0.2, 0.25) is 11.9 Å². The van der Waals surface area contributed by atoms with Crippen molar-refractivity contribution in [2.24, 2.45) is 16.6 Å². The Morgan fingerprint density at radius 1 is 0.886 bits per heavy atom. The van der Waals surface area contributed by atoms with Gasteiger partial charge < -0.3 is 11.5 Å². The molecule has 0 unspecified atom stereocenters. The summed E-state index contributed by atoms with van der Waals surface area (Å²) < 4.78 is 1.39. The lowest BCUT2D eigenvalue weighted by molar-refractivity contribution is 0.983. The molecule has 0 fully saturated rings. The Morgan fingerprint density at radius 2 is 1.60 bits per heavy atom. The van der Waals surface area contributed by atoms with Crippen LogP contribution in [0.5, 0.6) is 0 Å². The number of guanidine groups is 1. The van der Waals surface area contributed by atoms with E-state index in [4.69, 9.17) is 17.3 Å². The minimum Gasteiger partial charge on any atom is -0.369 e. The first-order valence-electron chi connectivity index (χ1n) is 10.8. The first-order valence-corrected chi connectivity index (χ1v) is 10.8. The average molecular weight is 463 g/mol. The number of aromatic nitrogens is 3. The standard InChI is InChI=1S/C26H22N8O/c27-25-32-23-12-11-17(14-22(23)24(35)33(25)20-7-3-1-4-8-20)18-13-19(16-30-15-18)31-26(28)34(29)21-9-5-2-6-10-21/h1-16H,29H2,(H2,27,32)(H2,28,31). The van der Waals surface area contributed by atoms with Gasteiger partial charge in [-0.3, -0.25) is 9.78 Å². The largest absolute Gasteiger partial charge is 0.369 e. The van der Waals surface area contributed by atoms with Crippen LogP contribution in [-0.2, 0) is 0 Å². The van der Waals surface area contributed by atoms with E-state index >= 15 is 0 Å². The lowest BCUT2D eigenvalue weighted by Crippen LogP contribution is -2.42. The number of nitrogens with zero attached hydrogens (tertiary/aromatic N) is 5. The van der Waals surface area contributed by atoms with Crippen LogP contribution in [0.25, 0.3) is 27.7 Å². The first-order chi connectivity index (χ1) is 17.0. The van der Waals surface area contributed by atoms with E-state index in [-0.39, 0.29) is 17.5 Å². The number of nitrogen functional groups attached to an aromatic ring is 1. The van der Waals surface area contributed by atoms with Gasteiger partial charge in [0, 0.05) is 11.8 Å². The third-order valence-corrected chi connectivity index (χ3v) is 5.49. The Hall–Kier alpha value is -5.02. The van der Waals surface area contributed by atoms with Gasteiger partial charge in [0.05, 0.1) is 34.2 Å². The van der Waals surface area contributed by atoms with E-state index in [9.17, 15) is 4.79 Å². The molecule has 0 aliphatic heterocycles. The molecule has 2 heterocycles. The van der Waals surface area contributed by atoms with E-state index in [1.54, 1.807) is 36.7 Å². The van der Waals surface area contributed by atoms with Crippen molar-refractivity contribution >= 4 is 34.2 Å². The van der Waals surface area contributed by atoms with Gasteiger partial charge in [0.25, 0.3) is 5.56 Å². The number of nitrogens with two attached hydrogens (primary N) is 3. The lowest BCUT2D eigenvalue weighted by atomic mass is 10.1. The maximum absolute atomic E-state index is 13.3. The second-order valence-electron chi connectivity index (χ2n) is 7.79. The summed E-state index contributed by atoms with van der Waals surface area (Å²) in [7, 11) is 0. The number of para-hydroxylation sites is 2. The molecule has 3 aromatic carbocycles. The predicted octanol–water partition coefficient (Wildman–Crippen LogP) is 3.36. The third-order valence-electron chi connectivity index (χ3n) is 5.49. The Kier molecular flexibility index (Phi) is 5.66. The van der Waals surface area contributed by atoms with E-state index in [1.165, 1.54) is 9.58 Å². The molecule has 9 heteroatoms. The van der Waals surface area contributed by atoms with Gasteiger partial charge in [0.15, 0.2) is 0 Å². The Labute approximate surface area is 200 Å². The molecule has 35 heavy (non-hydrogen) atoms. The van der Waals surface area contributed by atoms with Crippen LogP contribution >= 0.6 is 0 Å². The first kappa shape index (κ1) is 21.8. The number of hydrogen-bond acceptors (Lipinski definition) is 6. The van der Waals surface area contributed by atoms with Gasteiger partial charge in [0.1, 0.15) is 0 Å². The van der Waals surface area contributed by atoms with E-state index in [2.05, 4.69) is 15.0 Å². The van der Waals surface area contributed by atoms with Gasteiger partial charge in [-0.05, 0) is 48.0 Å². The second kappa shape index (κ2) is 9.08. The van der Waals surface area contributed by atoms with E-state index in [1.807, 2.05) is 60.7 Å². The zero-order chi connectivity index (χ0) is 24.4. The van der Waals surface area contributed by atoms with Crippen molar-refractivity contribution < 1.29 is 0 Å².